The number of allylic oxidation sites excluding steroid dienone is 1. The maximum atomic E-state index is 4.84. The molecule has 0 aliphatic rings. The van der Waals surface area contributed by atoms with Crippen molar-refractivity contribution in [2.45, 2.75) is 6.42 Å². The van der Waals surface area contributed by atoms with E-state index in [9.17, 15) is 0 Å². The molecule has 0 amide bonds. The Labute approximate surface area is 190 Å². The summed E-state index contributed by atoms with van der Waals surface area (Å²) in [5.74, 6) is 0. The van der Waals surface area contributed by atoms with Gasteiger partial charge in [0.15, 0.2) is 0 Å². The number of rotatable bonds is 1. The molecule has 0 aliphatic heterocycles. The van der Waals surface area contributed by atoms with Gasteiger partial charge < -0.3 is 19.6 Å². The smallest absolute Gasteiger partial charge is 0 e. The molecule has 0 bridgehead atoms. The van der Waals surface area contributed by atoms with Crippen LogP contribution in [0.4, 0.5) is 0 Å². The molecule has 0 saturated carbocycles. The zero-order chi connectivity index (χ0) is 3.41. The minimum Gasteiger partial charge on any atom is -0.520 e. The predicted molar refractivity (Wildman–Crippen MR) is 18.8 cm³/mol. The van der Waals surface area contributed by atoms with E-state index in [0.29, 0.717) is 0 Å². The molecule has 0 rings (SSSR count). The molecule has 0 aromatic rings. The van der Waals surface area contributed by atoms with Crippen LogP contribution in [0.5, 0.6) is 0 Å². The maximum Gasteiger partial charge on any atom is 0 e. The topological polar surface area (TPSA) is 0 Å². The molecule has 8 heteroatoms. The average molecular weight is 1520 g/mol. The maximum absolute atomic E-state index is 4.84. The summed E-state index contributed by atoms with van der Waals surface area (Å²) >= 11 is 0. The molecule has 0 saturated heterocycles. The van der Waals surface area contributed by atoms with Crippen molar-refractivity contribution in [3.63, 3.8) is 0 Å². The van der Waals surface area contributed by atoms with Crippen molar-refractivity contribution in [3.05, 3.63) is 19.6 Å². The van der Waals surface area contributed by atoms with E-state index < -0.39 is 0 Å². The van der Waals surface area contributed by atoms with E-state index in [-0.39, 0.29) is 169 Å². The first-order valence-electron chi connectivity index (χ1n) is 1.24. The summed E-state index contributed by atoms with van der Waals surface area (Å²) < 4.78 is 0. The van der Waals surface area contributed by atoms with Gasteiger partial charge in [-0.15, -0.1) is 0 Å². The van der Waals surface area contributed by atoms with Crippen molar-refractivity contribution in [1.82, 2.24) is 0 Å². The van der Waals surface area contributed by atoms with Crippen LogP contribution >= 0.6 is 0 Å². The molecule has 12 heavy (non-hydrogen) atoms. The molecular formula is C4H6W8-2. The number of hydrogen-bond acceptors (Lipinski definition) is 0. The fourth-order valence-corrected chi connectivity index (χ4v) is 0. The van der Waals surface area contributed by atoms with Crippen molar-refractivity contribution in [1.29, 1.82) is 0 Å². The summed E-state index contributed by atoms with van der Waals surface area (Å²) in [5, 5.41) is 0. The third-order valence-corrected chi connectivity index (χ3v) is 0.167. The van der Waals surface area contributed by atoms with Gasteiger partial charge in [0.25, 0.3) is 0 Å². The van der Waals surface area contributed by atoms with Crippen LogP contribution in [0.25, 0.3) is 0 Å². The Morgan fingerprint density at radius 3 is 0.833 bits per heavy atom. The molecule has 0 aromatic heterocycles. The normalized spacial score (nSPS) is 2.08. The van der Waals surface area contributed by atoms with Gasteiger partial charge in [-0.1, -0.05) is 0 Å². The van der Waals surface area contributed by atoms with Crippen LogP contribution in [0.3, 0.4) is 0 Å². The standard InChI is InChI=1S/C4H6.8W/c1-3-4-2;;;;;;;;/h1,3H,2,4H2;;;;;;;;/q-2;;;;;;;;. The molecular weight excluding hydrogens is 1520 g/mol. The van der Waals surface area contributed by atoms with E-state index in [1.807, 2.05) is 0 Å². The van der Waals surface area contributed by atoms with Gasteiger partial charge in [-0.05, 0) is 0 Å². The second kappa shape index (κ2) is 71.9. The Kier molecular flexibility index (Phi) is 401. The third-order valence-electron chi connectivity index (χ3n) is 0.167. The Balaban J connectivity index is -0.00000000161. The first kappa shape index (κ1) is 66.9. The van der Waals surface area contributed by atoms with Crippen LogP contribution in [-0.4, -0.2) is 0 Å². The first-order chi connectivity index (χ1) is 1.91. The summed E-state index contributed by atoms with van der Waals surface area (Å²) in [5.41, 5.74) is 0. The monoisotopic (exact) mass is 1530 g/mol. The molecule has 0 nitrogen and oxygen atoms in total. The summed E-state index contributed by atoms with van der Waals surface area (Å²) in [7, 11) is 0. The van der Waals surface area contributed by atoms with E-state index in [2.05, 4.69) is 6.92 Å². The van der Waals surface area contributed by atoms with Gasteiger partial charge in [0, 0.05) is 169 Å². The molecule has 0 atom stereocenters. The molecule has 0 heterocycles. The SMILES string of the molecule is [CH-]=CC[CH2-].[W].[W].[W].[W].[W].[W].[W].[W]. The van der Waals surface area contributed by atoms with E-state index in [4.69, 9.17) is 6.58 Å². The fourth-order valence-electron chi connectivity index (χ4n) is 0. The second-order valence-electron chi connectivity index (χ2n) is 0.524. The minimum atomic E-state index is 0. The molecule has 0 N–H and O–H groups in total. The average Bonchev–Trinajstić information content (AvgIpc) is 1.37. The van der Waals surface area contributed by atoms with Gasteiger partial charge in [-0.3, -0.25) is 0 Å². The zero-order valence-electron chi connectivity index (χ0n) is 5.83. The van der Waals surface area contributed by atoms with Gasteiger partial charge in [0.2, 0.25) is 0 Å². The number of hydrogen-bond donors (Lipinski definition) is 0. The van der Waals surface area contributed by atoms with Gasteiger partial charge >= 0.3 is 0 Å². The molecule has 0 fully saturated rings. The summed E-state index contributed by atoms with van der Waals surface area (Å²) in [4.78, 5) is 0. The quantitative estimate of drug-likeness (QED) is 0.347. The van der Waals surface area contributed by atoms with Crippen molar-refractivity contribution in [3.8, 4) is 0 Å². The Hall–Kier alpha value is 5.25. The van der Waals surface area contributed by atoms with Crippen LogP contribution in [0.2, 0.25) is 0 Å². The van der Waals surface area contributed by atoms with Crippen molar-refractivity contribution in [2.75, 3.05) is 0 Å². The molecule has 0 aromatic carbocycles. The van der Waals surface area contributed by atoms with Crippen molar-refractivity contribution in [2.24, 2.45) is 0 Å². The molecule has 0 radical (unpaired) electrons. The Morgan fingerprint density at radius 2 is 0.833 bits per heavy atom. The third kappa shape index (κ3) is 79.3. The van der Waals surface area contributed by atoms with Crippen LogP contribution < -0.4 is 0 Å². The second-order valence-corrected chi connectivity index (χ2v) is 0.524. The van der Waals surface area contributed by atoms with E-state index in [1.165, 1.54) is 6.08 Å². The first-order valence-corrected chi connectivity index (χ1v) is 1.24. The van der Waals surface area contributed by atoms with Crippen LogP contribution in [0.15, 0.2) is 6.08 Å². The van der Waals surface area contributed by atoms with Crippen LogP contribution in [0.1, 0.15) is 6.42 Å². The summed E-state index contributed by atoms with van der Waals surface area (Å²) in [6.45, 7) is 8.26. The largest absolute Gasteiger partial charge is 0.520 e. The molecule has 0 aliphatic carbocycles. The van der Waals surface area contributed by atoms with Crippen molar-refractivity contribution < 1.29 is 169 Å². The van der Waals surface area contributed by atoms with E-state index >= 15 is 0 Å². The Morgan fingerprint density at radius 1 is 0.750 bits per heavy atom. The van der Waals surface area contributed by atoms with Crippen LogP contribution in [-0.2, 0) is 169 Å². The zero-order valence-corrected chi connectivity index (χ0v) is 29.3. The van der Waals surface area contributed by atoms with Crippen LogP contribution in [0, 0.1) is 13.5 Å². The van der Waals surface area contributed by atoms with E-state index in [0.717, 1.165) is 6.42 Å². The van der Waals surface area contributed by atoms with E-state index in [1.54, 1.807) is 0 Å². The van der Waals surface area contributed by atoms with Gasteiger partial charge in [0.1, 0.15) is 0 Å². The summed E-state index contributed by atoms with van der Waals surface area (Å²) in [6.07, 6.45) is 2.24. The minimum absolute atomic E-state index is 0. The molecule has 0 unspecified atom stereocenters. The van der Waals surface area contributed by atoms with Gasteiger partial charge in [0.05, 0.1) is 0 Å². The van der Waals surface area contributed by atoms with Gasteiger partial charge in [-0.25, -0.2) is 0 Å². The Bertz CT molecular complexity index is 25.0. The van der Waals surface area contributed by atoms with Crippen molar-refractivity contribution >= 4 is 0 Å². The molecule has 72 valence electrons. The van der Waals surface area contributed by atoms with Gasteiger partial charge in [-0.2, -0.15) is 6.42 Å². The summed E-state index contributed by atoms with van der Waals surface area (Å²) in [6, 6.07) is 0. The predicted octanol–water partition coefficient (Wildman–Crippen LogP) is 1.18. The fraction of sp³-hybridized carbons (Fsp3) is 0.250. The molecule has 0 spiro atoms.